The van der Waals surface area contributed by atoms with E-state index in [0.717, 1.165) is 0 Å². The third kappa shape index (κ3) is 10.4. The van der Waals surface area contributed by atoms with E-state index in [0.29, 0.717) is 37.5 Å². The third-order valence-electron chi connectivity index (χ3n) is 5.01. The molecule has 0 aromatic rings. The van der Waals surface area contributed by atoms with Crippen LogP contribution in [-0.2, 0) is 23.9 Å². The number of ether oxygens (including phenoxy) is 2. The van der Waals surface area contributed by atoms with Crippen LogP contribution in [0.1, 0.15) is 60.8 Å². The van der Waals surface area contributed by atoms with E-state index in [9.17, 15) is 19.6 Å². The molecule has 0 aromatic carbocycles. The molecule has 0 radical (unpaired) electrons. The van der Waals surface area contributed by atoms with Crippen LogP contribution in [-0.4, -0.2) is 67.5 Å². The van der Waals surface area contributed by atoms with Crippen molar-refractivity contribution >= 4 is 17.7 Å². The summed E-state index contributed by atoms with van der Waals surface area (Å²) in [6.07, 6.45) is 1.50. The summed E-state index contributed by atoms with van der Waals surface area (Å²) in [7, 11) is 1.57. The van der Waals surface area contributed by atoms with Gasteiger partial charge in [0.25, 0.3) is 5.91 Å². The molecule has 0 heterocycles. The highest BCUT2D eigenvalue weighted by Crippen LogP contribution is 2.30. The van der Waals surface area contributed by atoms with E-state index >= 15 is 0 Å². The zero-order chi connectivity index (χ0) is 24.2. The summed E-state index contributed by atoms with van der Waals surface area (Å²) in [5, 5.41) is 14.1. The van der Waals surface area contributed by atoms with Crippen LogP contribution >= 0.6 is 0 Å². The molecular weight excluding hydrogens is 402 g/mol. The lowest BCUT2D eigenvalue weighted by atomic mass is 9.80. The van der Waals surface area contributed by atoms with Crippen molar-refractivity contribution in [3.05, 3.63) is 0 Å². The maximum Gasteiger partial charge on any atom is 0.250 e. The summed E-state index contributed by atoms with van der Waals surface area (Å²) in [6.45, 7) is 12.4. The van der Waals surface area contributed by atoms with Crippen LogP contribution in [0.4, 0.5) is 0 Å². The molecule has 9 nitrogen and oxygen atoms in total. The average molecular weight is 446 g/mol. The Kier molecular flexibility index (Phi) is 13.6. The SMILES string of the molecule is CCC[C@H](C(N)=O)[C@@H](CC(C)C)C(=O)N(O)C(C(=O)NCCOCCOC)C(C)(C)C. The van der Waals surface area contributed by atoms with Gasteiger partial charge in [-0.2, -0.15) is 0 Å². The van der Waals surface area contributed by atoms with E-state index in [1.165, 1.54) is 0 Å². The van der Waals surface area contributed by atoms with E-state index in [2.05, 4.69) is 5.32 Å². The van der Waals surface area contributed by atoms with Crippen LogP contribution in [0.25, 0.3) is 0 Å². The summed E-state index contributed by atoms with van der Waals surface area (Å²) in [5.41, 5.74) is 4.83. The molecule has 0 aliphatic rings. The van der Waals surface area contributed by atoms with Crippen molar-refractivity contribution in [1.82, 2.24) is 10.4 Å². The van der Waals surface area contributed by atoms with Gasteiger partial charge < -0.3 is 20.5 Å². The van der Waals surface area contributed by atoms with Crippen LogP contribution < -0.4 is 11.1 Å². The molecule has 0 bridgehead atoms. The number of nitrogens with zero attached hydrogens (tertiary/aromatic N) is 1. The van der Waals surface area contributed by atoms with Crippen LogP contribution in [0, 0.1) is 23.2 Å². The molecule has 182 valence electrons. The molecule has 0 saturated carbocycles. The van der Waals surface area contributed by atoms with Crippen LogP contribution in [0.5, 0.6) is 0 Å². The Balaban J connectivity index is 5.50. The van der Waals surface area contributed by atoms with Crippen molar-refractivity contribution in [1.29, 1.82) is 0 Å². The average Bonchev–Trinajstić information content (AvgIpc) is 2.65. The highest BCUT2D eigenvalue weighted by atomic mass is 16.5. The second kappa shape index (κ2) is 14.4. The van der Waals surface area contributed by atoms with Gasteiger partial charge in [-0.1, -0.05) is 48.0 Å². The van der Waals surface area contributed by atoms with E-state index in [-0.39, 0.29) is 19.1 Å². The first-order valence-corrected chi connectivity index (χ1v) is 11.0. The first-order valence-electron chi connectivity index (χ1n) is 11.0. The maximum atomic E-state index is 13.3. The molecule has 0 fully saturated rings. The zero-order valence-electron chi connectivity index (χ0n) is 20.3. The minimum Gasteiger partial charge on any atom is -0.382 e. The minimum absolute atomic E-state index is 0.104. The van der Waals surface area contributed by atoms with E-state index in [4.69, 9.17) is 15.2 Å². The number of hydrogen-bond donors (Lipinski definition) is 3. The Bertz CT molecular complexity index is 562. The molecular formula is C22H43N3O6. The van der Waals surface area contributed by atoms with Gasteiger partial charge in [-0.05, 0) is 24.2 Å². The van der Waals surface area contributed by atoms with Crippen molar-refractivity contribution in [3.8, 4) is 0 Å². The maximum absolute atomic E-state index is 13.3. The van der Waals surface area contributed by atoms with Gasteiger partial charge >= 0.3 is 0 Å². The normalized spacial score (nSPS) is 14.7. The Morgan fingerprint density at radius 1 is 1.10 bits per heavy atom. The first-order chi connectivity index (χ1) is 14.4. The molecule has 0 aliphatic carbocycles. The molecule has 3 amide bonds. The highest BCUT2D eigenvalue weighted by Gasteiger charge is 2.43. The minimum atomic E-state index is -1.14. The van der Waals surface area contributed by atoms with Gasteiger partial charge in [0.15, 0.2) is 0 Å². The number of primary amides is 1. The summed E-state index contributed by atoms with van der Waals surface area (Å²) in [5.74, 6) is -3.11. The molecule has 3 atom stereocenters. The molecule has 31 heavy (non-hydrogen) atoms. The monoisotopic (exact) mass is 445 g/mol. The van der Waals surface area contributed by atoms with Gasteiger partial charge in [-0.3, -0.25) is 19.6 Å². The molecule has 0 aliphatic heterocycles. The second-order valence-electron chi connectivity index (χ2n) is 9.38. The fourth-order valence-corrected chi connectivity index (χ4v) is 3.55. The Morgan fingerprint density at radius 3 is 2.16 bits per heavy atom. The number of hydrogen-bond acceptors (Lipinski definition) is 6. The number of hydroxylamine groups is 2. The second-order valence-corrected chi connectivity index (χ2v) is 9.38. The molecule has 4 N–H and O–H groups in total. The molecule has 0 spiro atoms. The Morgan fingerprint density at radius 2 is 1.71 bits per heavy atom. The van der Waals surface area contributed by atoms with Gasteiger partial charge in [0, 0.05) is 19.6 Å². The molecule has 0 rings (SSSR count). The topological polar surface area (TPSA) is 131 Å². The largest absolute Gasteiger partial charge is 0.382 e. The molecule has 9 heteroatoms. The Hall–Kier alpha value is -1.71. The summed E-state index contributed by atoms with van der Waals surface area (Å²) in [4.78, 5) is 38.2. The van der Waals surface area contributed by atoms with Crippen molar-refractivity contribution in [2.45, 2.75) is 66.8 Å². The van der Waals surface area contributed by atoms with Gasteiger partial charge in [-0.15, -0.1) is 0 Å². The third-order valence-corrected chi connectivity index (χ3v) is 5.01. The lowest BCUT2D eigenvalue weighted by Crippen LogP contribution is -2.57. The number of rotatable bonds is 15. The van der Waals surface area contributed by atoms with E-state index in [1.807, 2.05) is 20.8 Å². The highest BCUT2D eigenvalue weighted by molar-refractivity contribution is 5.91. The number of nitrogens with one attached hydrogen (secondary N) is 1. The summed E-state index contributed by atoms with van der Waals surface area (Å²) < 4.78 is 10.2. The van der Waals surface area contributed by atoms with Crippen molar-refractivity contribution < 1.29 is 29.1 Å². The van der Waals surface area contributed by atoms with Gasteiger partial charge in [0.1, 0.15) is 6.04 Å². The standard InChI is InChI=1S/C22H43N3O6/c1-8-9-16(19(23)26)17(14-15(2)3)21(28)25(29)18(22(4,5)6)20(27)24-10-11-31-13-12-30-7/h15-18,29H,8-14H2,1-7H3,(H2,23,26)(H,24,27)/t16-,17+,18?/m0/s1. The number of methoxy groups -OCH3 is 1. The predicted molar refractivity (Wildman–Crippen MR) is 118 cm³/mol. The Labute approximate surface area is 187 Å². The molecule has 0 saturated heterocycles. The first kappa shape index (κ1) is 29.3. The van der Waals surface area contributed by atoms with E-state index < -0.39 is 41.0 Å². The number of carbonyl (C=O) groups excluding carboxylic acids is 3. The van der Waals surface area contributed by atoms with Gasteiger partial charge in [0.2, 0.25) is 11.8 Å². The van der Waals surface area contributed by atoms with Gasteiger partial charge in [-0.25, -0.2) is 5.06 Å². The number of carbonyl (C=O) groups is 3. The lowest BCUT2D eigenvalue weighted by molar-refractivity contribution is -0.195. The van der Waals surface area contributed by atoms with Crippen molar-refractivity contribution in [2.75, 3.05) is 33.5 Å². The summed E-state index contributed by atoms with van der Waals surface area (Å²) >= 11 is 0. The molecule has 0 aromatic heterocycles. The van der Waals surface area contributed by atoms with E-state index in [1.54, 1.807) is 27.9 Å². The number of nitrogens with two attached hydrogens (primary N) is 1. The summed E-state index contributed by atoms with van der Waals surface area (Å²) in [6, 6.07) is -1.14. The zero-order valence-corrected chi connectivity index (χ0v) is 20.3. The predicted octanol–water partition coefficient (Wildman–Crippen LogP) is 1.96. The van der Waals surface area contributed by atoms with Crippen molar-refractivity contribution in [2.24, 2.45) is 28.9 Å². The van der Waals surface area contributed by atoms with Crippen molar-refractivity contribution in [3.63, 3.8) is 0 Å². The number of amides is 3. The van der Waals surface area contributed by atoms with Gasteiger partial charge in [0.05, 0.1) is 25.7 Å². The quantitative estimate of drug-likeness (QED) is 0.201. The fraction of sp³-hybridized carbons (Fsp3) is 0.864. The fourth-order valence-electron chi connectivity index (χ4n) is 3.55. The smallest absolute Gasteiger partial charge is 0.250 e. The van der Waals surface area contributed by atoms with Crippen LogP contribution in [0.3, 0.4) is 0 Å². The van der Waals surface area contributed by atoms with Crippen LogP contribution in [0.2, 0.25) is 0 Å². The lowest BCUT2D eigenvalue weighted by Gasteiger charge is -2.37. The molecule has 1 unspecified atom stereocenters. The van der Waals surface area contributed by atoms with Crippen LogP contribution in [0.15, 0.2) is 0 Å².